The van der Waals surface area contributed by atoms with Gasteiger partial charge in [0.1, 0.15) is 5.75 Å². The summed E-state index contributed by atoms with van der Waals surface area (Å²) in [6.07, 6.45) is 0. The molecule has 18 heavy (non-hydrogen) atoms. The largest absolute Gasteiger partial charge is 0.293 e. The summed E-state index contributed by atoms with van der Waals surface area (Å²) in [7, 11) is -3.66. The van der Waals surface area contributed by atoms with E-state index in [1.807, 2.05) is 0 Å². The number of nitrogens with one attached hydrogen (secondary N) is 2. The highest BCUT2D eigenvalue weighted by molar-refractivity contribution is 7.92. The normalized spacial score (nSPS) is 11.1. The number of rotatable bonds is 4. The highest BCUT2D eigenvalue weighted by atomic mass is 32.2. The minimum Gasteiger partial charge on any atom is -0.293 e. The molecule has 0 aliphatic carbocycles. The van der Waals surface area contributed by atoms with Crippen LogP contribution < -0.4 is 5.32 Å². The molecule has 2 rings (SSSR count). The molecule has 0 radical (unpaired) electrons. The Morgan fingerprint density at radius 1 is 1.28 bits per heavy atom. The zero-order valence-electron chi connectivity index (χ0n) is 9.07. The Balaban J connectivity index is 2.07. The fraction of sp³-hybridized carbons (Fsp3) is 0.111. The smallest absolute Gasteiger partial charge is 0.246 e. The number of aromatic amines is 1. The summed E-state index contributed by atoms with van der Waals surface area (Å²) in [5, 5.41) is 14.4. The fourth-order valence-electron chi connectivity index (χ4n) is 1.26. The van der Waals surface area contributed by atoms with E-state index in [1.54, 1.807) is 18.2 Å². The molecule has 0 fully saturated rings. The monoisotopic (exact) mass is 267 g/mol. The average Bonchev–Trinajstić information content (AvgIpc) is 2.82. The first kappa shape index (κ1) is 12.2. The predicted molar refractivity (Wildman–Crippen MR) is 61.3 cm³/mol. The number of H-pyrrole nitrogens is 1. The number of sulfone groups is 1. The van der Waals surface area contributed by atoms with E-state index in [0.29, 0.717) is 0 Å². The lowest BCUT2D eigenvalue weighted by Gasteiger charge is -2.03. The SMILES string of the molecule is O=C(CS(=O)(=O)c1ccccc1)Nc1nnn[nH]1. The van der Waals surface area contributed by atoms with Crippen molar-refractivity contribution >= 4 is 21.7 Å². The van der Waals surface area contributed by atoms with Gasteiger partial charge >= 0.3 is 0 Å². The highest BCUT2D eigenvalue weighted by Gasteiger charge is 2.19. The van der Waals surface area contributed by atoms with E-state index < -0.39 is 21.5 Å². The number of hydrogen-bond acceptors (Lipinski definition) is 6. The summed E-state index contributed by atoms with van der Waals surface area (Å²) in [6, 6.07) is 7.73. The summed E-state index contributed by atoms with van der Waals surface area (Å²) in [4.78, 5) is 11.6. The summed E-state index contributed by atoms with van der Waals surface area (Å²) in [6.45, 7) is 0. The van der Waals surface area contributed by atoms with Crippen LogP contribution >= 0.6 is 0 Å². The second-order valence-corrected chi connectivity index (χ2v) is 5.36. The lowest BCUT2D eigenvalue weighted by Crippen LogP contribution is -2.23. The molecule has 0 saturated heterocycles. The van der Waals surface area contributed by atoms with E-state index in [9.17, 15) is 13.2 Å². The van der Waals surface area contributed by atoms with Gasteiger partial charge in [-0.25, -0.2) is 13.5 Å². The Labute approximate surface area is 102 Å². The number of aromatic nitrogens is 4. The standard InChI is InChI=1S/C9H9N5O3S/c15-8(10-9-11-13-14-12-9)6-18(16,17)7-4-2-1-3-5-7/h1-5H,6H2,(H2,10,11,12,13,14,15). The molecule has 1 aromatic carbocycles. The second-order valence-electron chi connectivity index (χ2n) is 3.37. The lowest BCUT2D eigenvalue weighted by atomic mass is 10.4. The average molecular weight is 267 g/mol. The third kappa shape index (κ3) is 2.88. The van der Waals surface area contributed by atoms with Gasteiger partial charge in [-0.15, -0.1) is 0 Å². The van der Waals surface area contributed by atoms with Crippen LogP contribution in [0.3, 0.4) is 0 Å². The van der Waals surface area contributed by atoms with Crippen LogP contribution in [-0.4, -0.2) is 40.7 Å². The third-order valence-electron chi connectivity index (χ3n) is 2.03. The molecule has 2 aromatic rings. The van der Waals surface area contributed by atoms with Gasteiger partial charge in [-0.1, -0.05) is 23.3 Å². The molecule has 8 nitrogen and oxygen atoms in total. The van der Waals surface area contributed by atoms with E-state index in [0.717, 1.165) is 0 Å². The van der Waals surface area contributed by atoms with Crippen molar-refractivity contribution in [2.24, 2.45) is 0 Å². The van der Waals surface area contributed by atoms with Gasteiger partial charge in [0.25, 0.3) is 0 Å². The maximum atomic E-state index is 11.8. The van der Waals surface area contributed by atoms with E-state index in [2.05, 4.69) is 25.9 Å². The molecule has 9 heteroatoms. The molecular formula is C9H9N5O3S. The minimum atomic E-state index is -3.66. The number of carbonyl (C=O) groups is 1. The fourth-order valence-corrected chi connectivity index (χ4v) is 2.42. The van der Waals surface area contributed by atoms with E-state index in [1.165, 1.54) is 12.1 Å². The van der Waals surface area contributed by atoms with Gasteiger partial charge < -0.3 is 0 Å². The van der Waals surface area contributed by atoms with Gasteiger partial charge in [0.15, 0.2) is 9.84 Å². The Kier molecular flexibility index (Phi) is 3.33. The molecule has 0 atom stereocenters. The number of anilines is 1. The van der Waals surface area contributed by atoms with Crippen molar-refractivity contribution in [3.63, 3.8) is 0 Å². The second kappa shape index (κ2) is 4.92. The van der Waals surface area contributed by atoms with E-state index in [4.69, 9.17) is 0 Å². The van der Waals surface area contributed by atoms with Gasteiger partial charge in [-0.3, -0.25) is 10.1 Å². The van der Waals surface area contributed by atoms with Crippen LogP contribution in [0.15, 0.2) is 35.2 Å². The number of tetrazole rings is 1. The number of carbonyl (C=O) groups excluding carboxylic acids is 1. The van der Waals surface area contributed by atoms with Gasteiger partial charge in [-0.2, -0.15) is 0 Å². The molecule has 0 unspecified atom stereocenters. The summed E-state index contributed by atoms with van der Waals surface area (Å²) < 4.78 is 23.7. The van der Waals surface area contributed by atoms with Crippen molar-refractivity contribution in [2.75, 3.05) is 11.1 Å². The van der Waals surface area contributed by atoms with Crippen LogP contribution in [0.2, 0.25) is 0 Å². The van der Waals surface area contributed by atoms with Crippen LogP contribution in [0.5, 0.6) is 0 Å². The Hall–Kier alpha value is -2.29. The zero-order chi connectivity index (χ0) is 13.0. The first-order valence-corrected chi connectivity index (χ1v) is 6.54. The van der Waals surface area contributed by atoms with Gasteiger partial charge in [0, 0.05) is 0 Å². The summed E-state index contributed by atoms with van der Waals surface area (Å²) >= 11 is 0. The Morgan fingerprint density at radius 3 is 2.61 bits per heavy atom. The lowest BCUT2D eigenvalue weighted by molar-refractivity contribution is -0.113. The van der Waals surface area contributed by atoms with Crippen LogP contribution in [0, 0.1) is 0 Å². The molecule has 0 aliphatic heterocycles. The van der Waals surface area contributed by atoms with Gasteiger partial charge in [0.05, 0.1) is 4.90 Å². The van der Waals surface area contributed by atoms with Crippen molar-refractivity contribution in [3.8, 4) is 0 Å². The maximum Gasteiger partial charge on any atom is 0.246 e. The predicted octanol–water partition coefficient (Wildman–Crippen LogP) is -0.388. The quantitative estimate of drug-likeness (QED) is 0.779. The summed E-state index contributed by atoms with van der Waals surface area (Å²) in [5.41, 5.74) is 0. The van der Waals surface area contributed by atoms with Gasteiger partial charge in [0.2, 0.25) is 11.9 Å². The molecule has 94 valence electrons. The van der Waals surface area contributed by atoms with Crippen LogP contribution in [-0.2, 0) is 14.6 Å². The Morgan fingerprint density at radius 2 is 2.00 bits per heavy atom. The topological polar surface area (TPSA) is 118 Å². The molecule has 0 bridgehead atoms. The molecule has 1 amide bonds. The number of amides is 1. The van der Waals surface area contributed by atoms with Crippen molar-refractivity contribution in [3.05, 3.63) is 30.3 Å². The third-order valence-corrected chi connectivity index (χ3v) is 3.66. The molecule has 2 N–H and O–H groups in total. The van der Waals surface area contributed by atoms with Crippen molar-refractivity contribution in [2.45, 2.75) is 4.90 Å². The molecule has 0 saturated carbocycles. The van der Waals surface area contributed by atoms with Crippen molar-refractivity contribution < 1.29 is 13.2 Å². The first-order valence-electron chi connectivity index (χ1n) is 4.89. The number of hydrogen-bond donors (Lipinski definition) is 2. The van der Waals surface area contributed by atoms with Crippen molar-refractivity contribution in [1.82, 2.24) is 20.6 Å². The van der Waals surface area contributed by atoms with E-state index >= 15 is 0 Å². The maximum absolute atomic E-state index is 11.8. The molecule has 0 aliphatic rings. The molecule has 1 heterocycles. The molecule has 1 aromatic heterocycles. The van der Waals surface area contributed by atoms with Crippen molar-refractivity contribution in [1.29, 1.82) is 0 Å². The van der Waals surface area contributed by atoms with Gasteiger partial charge in [-0.05, 0) is 22.6 Å². The number of benzene rings is 1. The van der Waals surface area contributed by atoms with Crippen LogP contribution in [0.1, 0.15) is 0 Å². The molecule has 0 spiro atoms. The first-order chi connectivity index (χ1) is 8.58. The molecular weight excluding hydrogens is 258 g/mol. The zero-order valence-corrected chi connectivity index (χ0v) is 9.88. The Bertz CT molecular complexity index is 623. The summed E-state index contributed by atoms with van der Waals surface area (Å²) in [5.74, 6) is -1.38. The van der Waals surface area contributed by atoms with E-state index in [-0.39, 0.29) is 10.8 Å². The highest BCUT2D eigenvalue weighted by Crippen LogP contribution is 2.10. The number of nitrogens with zero attached hydrogens (tertiary/aromatic N) is 3. The van der Waals surface area contributed by atoms with Crippen LogP contribution in [0.4, 0.5) is 5.95 Å². The van der Waals surface area contributed by atoms with Crippen LogP contribution in [0.25, 0.3) is 0 Å². The minimum absolute atomic E-state index is 0.00302.